The average molecular weight is 364 g/mol. The van der Waals surface area contributed by atoms with E-state index < -0.39 is 6.10 Å². The fourth-order valence-electron chi connectivity index (χ4n) is 2.85. The summed E-state index contributed by atoms with van der Waals surface area (Å²) >= 11 is 0. The van der Waals surface area contributed by atoms with Crippen LogP contribution in [0.5, 0.6) is 0 Å². The van der Waals surface area contributed by atoms with Gasteiger partial charge in [-0.05, 0) is 24.0 Å². The smallest absolute Gasteiger partial charge is 0.275 e. The van der Waals surface area contributed by atoms with Gasteiger partial charge in [0.05, 0.1) is 12.3 Å². The third kappa shape index (κ3) is 5.24. The van der Waals surface area contributed by atoms with Gasteiger partial charge in [-0.2, -0.15) is 0 Å². The summed E-state index contributed by atoms with van der Waals surface area (Å²) < 4.78 is 1.69. The van der Waals surface area contributed by atoms with Crippen molar-refractivity contribution in [3.8, 4) is 0 Å². The number of aliphatic hydroxyl groups excluding tert-OH is 1. The number of carbonyl (C=O) groups excluding carboxylic acids is 1. The van der Waals surface area contributed by atoms with Crippen molar-refractivity contribution in [1.82, 2.24) is 19.9 Å². The Kier molecular flexibility index (Phi) is 6.33. The summed E-state index contributed by atoms with van der Waals surface area (Å²) in [5.41, 5.74) is 2.39. The average Bonchev–Trinajstić information content (AvgIpc) is 3.20. The van der Waals surface area contributed by atoms with Gasteiger partial charge in [0.25, 0.3) is 5.91 Å². The first kappa shape index (κ1) is 18.8. The van der Waals surface area contributed by atoms with Crippen LogP contribution in [0.15, 0.2) is 66.9 Å². The van der Waals surface area contributed by atoms with E-state index in [1.807, 2.05) is 48.5 Å². The van der Waals surface area contributed by atoms with Gasteiger partial charge in [0.2, 0.25) is 0 Å². The fourth-order valence-corrected chi connectivity index (χ4v) is 2.85. The number of nitrogens with zero attached hydrogens (tertiary/aromatic N) is 4. The SMILES string of the molecule is CN(CC[C@@H](O)c1ccccc1)C(=O)c1cn(CCc2ccccc2)nn1. The van der Waals surface area contributed by atoms with Crippen LogP contribution >= 0.6 is 0 Å². The molecule has 1 amide bonds. The maximum absolute atomic E-state index is 12.5. The Morgan fingerprint density at radius 3 is 2.48 bits per heavy atom. The molecule has 2 aromatic carbocycles. The third-order valence-corrected chi connectivity index (χ3v) is 4.50. The molecule has 0 spiro atoms. The van der Waals surface area contributed by atoms with Gasteiger partial charge in [-0.3, -0.25) is 9.48 Å². The predicted octanol–water partition coefficient (Wildman–Crippen LogP) is 2.72. The summed E-state index contributed by atoms with van der Waals surface area (Å²) in [6.45, 7) is 1.10. The highest BCUT2D eigenvalue weighted by Gasteiger charge is 2.17. The van der Waals surface area contributed by atoms with Crippen LogP contribution in [0, 0.1) is 0 Å². The Balaban J connectivity index is 1.50. The second-order valence-corrected chi connectivity index (χ2v) is 6.54. The van der Waals surface area contributed by atoms with Gasteiger partial charge in [0.1, 0.15) is 0 Å². The maximum Gasteiger partial charge on any atom is 0.275 e. The van der Waals surface area contributed by atoms with Crippen molar-refractivity contribution < 1.29 is 9.90 Å². The van der Waals surface area contributed by atoms with E-state index in [4.69, 9.17) is 0 Å². The molecule has 27 heavy (non-hydrogen) atoms. The second kappa shape index (κ2) is 9.09. The van der Waals surface area contributed by atoms with Crippen LogP contribution in [-0.2, 0) is 13.0 Å². The van der Waals surface area contributed by atoms with Crippen LogP contribution in [0.3, 0.4) is 0 Å². The lowest BCUT2D eigenvalue weighted by Gasteiger charge is -2.18. The van der Waals surface area contributed by atoms with Gasteiger partial charge in [-0.25, -0.2) is 0 Å². The first-order valence-electron chi connectivity index (χ1n) is 9.06. The Morgan fingerprint density at radius 1 is 1.11 bits per heavy atom. The molecule has 6 heteroatoms. The number of aliphatic hydroxyl groups is 1. The zero-order chi connectivity index (χ0) is 19.1. The summed E-state index contributed by atoms with van der Waals surface area (Å²) in [7, 11) is 1.71. The van der Waals surface area contributed by atoms with Crippen molar-refractivity contribution in [2.75, 3.05) is 13.6 Å². The molecule has 6 nitrogen and oxygen atoms in total. The first-order valence-corrected chi connectivity index (χ1v) is 9.06. The summed E-state index contributed by atoms with van der Waals surface area (Å²) in [5, 5.41) is 18.3. The zero-order valence-corrected chi connectivity index (χ0v) is 15.4. The number of aryl methyl sites for hydroxylation is 2. The Hall–Kier alpha value is -2.99. The first-order chi connectivity index (χ1) is 13.1. The van der Waals surface area contributed by atoms with E-state index >= 15 is 0 Å². The quantitative estimate of drug-likeness (QED) is 0.667. The monoisotopic (exact) mass is 364 g/mol. The Morgan fingerprint density at radius 2 is 1.78 bits per heavy atom. The fraction of sp³-hybridized carbons (Fsp3) is 0.286. The number of hydrogen-bond donors (Lipinski definition) is 1. The molecule has 0 unspecified atom stereocenters. The van der Waals surface area contributed by atoms with Crippen molar-refractivity contribution in [3.63, 3.8) is 0 Å². The van der Waals surface area contributed by atoms with Gasteiger partial charge < -0.3 is 10.0 Å². The van der Waals surface area contributed by atoms with Gasteiger partial charge in [0, 0.05) is 20.1 Å². The summed E-state index contributed by atoms with van der Waals surface area (Å²) in [4.78, 5) is 14.1. The van der Waals surface area contributed by atoms with Gasteiger partial charge in [-0.1, -0.05) is 65.9 Å². The molecular weight excluding hydrogens is 340 g/mol. The molecule has 140 valence electrons. The largest absolute Gasteiger partial charge is 0.388 e. The molecule has 0 bridgehead atoms. The molecule has 0 saturated carbocycles. The van der Waals surface area contributed by atoms with E-state index in [0.29, 0.717) is 25.2 Å². The lowest BCUT2D eigenvalue weighted by Crippen LogP contribution is -2.29. The van der Waals surface area contributed by atoms with E-state index in [1.165, 1.54) is 5.56 Å². The molecule has 0 radical (unpaired) electrons. The van der Waals surface area contributed by atoms with E-state index in [1.54, 1.807) is 22.8 Å². The van der Waals surface area contributed by atoms with Crippen LogP contribution in [0.2, 0.25) is 0 Å². The summed E-state index contributed by atoms with van der Waals surface area (Å²) in [6.07, 6.45) is 2.38. The van der Waals surface area contributed by atoms with Crippen molar-refractivity contribution >= 4 is 5.91 Å². The number of rotatable bonds is 8. The second-order valence-electron chi connectivity index (χ2n) is 6.54. The minimum atomic E-state index is -0.594. The van der Waals surface area contributed by atoms with E-state index in [2.05, 4.69) is 22.4 Å². The molecule has 1 N–H and O–H groups in total. The normalized spacial score (nSPS) is 11.9. The van der Waals surface area contributed by atoms with E-state index in [9.17, 15) is 9.90 Å². The molecule has 0 aliphatic carbocycles. The molecule has 1 aromatic heterocycles. The van der Waals surface area contributed by atoms with Crippen molar-refractivity contribution in [2.45, 2.75) is 25.5 Å². The molecule has 0 fully saturated rings. The Labute approximate surface area is 159 Å². The molecule has 0 aliphatic rings. The topological polar surface area (TPSA) is 71.2 Å². The van der Waals surface area contributed by atoms with Gasteiger partial charge >= 0.3 is 0 Å². The number of carbonyl (C=O) groups is 1. The molecular formula is C21H24N4O2. The van der Waals surface area contributed by atoms with Gasteiger partial charge in [-0.15, -0.1) is 5.10 Å². The highest BCUT2D eigenvalue weighted by atomic mass is 16.3. The Bertz CT molecular complexity index is 849. The zero-order valence-electron chi connectivity index (χ0n) is 15.4. The van der Waals surface area contributed by atoms with Crippen LogP contribution < -0.4 is 0 Å². The lowest BCUT2D eigenvalue weighted by atomic mass is 10.1. The van der Waals surface area contributed by atoms with Crippen LogP contribution in [0.1, 0.15) is 34.1 Å². The van der Waals surface area contributed by atoms with E-state index in [0.717, 1.165) is 12.0 Å². The number of benzene rings is 2. The van der Waals surface area contributed by atoms with Gasteiger partial charge in [0.15, 0.2) is 5.69 Å². The predicted molar refractivity (Wildman–Crippen MR) is 103 cm³/mol. The lowest BCUT2D eigenvalue weighted by molar-refractivity contribution is 0.0755. The molecule has 3 aromatic rings. The number of aromatic nitrogens is 3. The molecule has 0 saturated heterocycles. The molecule has 3 rings (SSSR count). The third-order valence-electron chi connectivity index (χ3n) is 4.50. The molecule has 1 atom stereocenters. The van der Waals surface area contributed by atoms with Crippen LogP contribution in [0.25, 0.3) is 0 Å². The molecule has 1 heterocycles. The number of hydrogen-bond acceptors (Lipinski definition) is 4. The maximum atomic E-state index is 12.5. The van der Waals surface area contributed by atoms with Crippen LogP contribution in [0.4, 0.5) is 0 Å². The standard InChI is InChI=1S/C21H24N4O2/c1-24(14-13-20(26)18-10-6-3-7-11-18)21(27)19-16-25(23-22-19)15-12-17-8-4-2-5-9-17/h2-11,16,20,26H,12-15H2,1H3/t20-/m1/s1. The van der Waals surface area contributed by atoms with Crippen LogP contribution in [-0.4, -0.2) is 44.5 Å². The highest BCUT2D eigenvalue weighted by Crippen LogP contribution is 2.16. The van der Waals surface area contributed by atoms with Crippen molar-refractivity contribution in [1.29, 1.82) is 0 Å². The summed E-state index contributed by atoms with van der Waals surface area (Å²) in [5.74, 6) is -0.193. The minimum absolute atomic E-state index is 0.193. The molecule has 0 aliphatic heterocycles. The minimum Gasteiger partial charge on any atom is -0.388 e. The van der Waals surface area contributed by atoms with E-state index in [-0.39, 0.29) is 5.91 Å². The van der Waals surface area contributed by atoms with Crippen molar-refractivity contribution in [3.05, 3.63) is 83.7 Å². The number of amides is 1. The summed E-state index contributed by atoms with van der Waals surface area (Å²) in [6, 6.07) is 19.6. The van der Waals surface area contributed by atoms with Crippen molar-refractivity contribution in [2.24, 2.45) is 0 Å². The highest BCUT2D eigenvalue weighted by molar-refractivity contribution is 5.91.